The van der Waals surface area contributed by atoms with Gasteiger partial charge in [0.15, 0.2) is 23.1 Å². The predicted molar refractivity (Wildman–Crippen MR) is 131 cm³/mol. The Balaban J connectivity index is 1.72. The smallest absolute Gasteiger partial charge is 0.181 e. The maximum Gasteiger partial charge on any atom is 0.181 e. The van der Waals surface area contributed by atoms with E-state index in [0.717, 1.165) is 0 Å². The van der Waals surface area contributed by atoms with Crippen LogP contribution in [0.25, 0.3) is 11.3 Å². The summed E-state index contributed by atoms with van der Waals surface area (Å²) in [7, 11) is 4.84. The van der Waals surface area contributed by atoms with E-state index in [2.05, 4.69) is 10.3 Å². The van der Waals surface area contributed by atoms with Crippen LogP contribution in [0.15, 0.2) is 48.5 Å². The molecule has 0 fully saturated rings. The van der Waals surface area contributed by atoms with E-state index < -0.39 is 0 Å². The van der Waals surface area contributed by atoms with Crippen molar-refractivity contribution in [1.29, 1.82) is 0 Å². The molecule has 3 rings (SSSR count). The van der Waals surface area contributed by atoms with Gasteiger partial charge in [-0.25, -0.2) is 9.37 Å². The van der Waals surface area contributed by atoms with Crippen LogP contribution < -0.4 is 19.5 Å². The standard InChI is InChI=1S/C27H29FN2O5/c1-17-15-19(5-7-20(17)28)27-25(33-3)12-8-21(30-27)23(32)10-9-22(31)18-6-11-24(26(16-18)34-4)35-14-13-29-2/h5-8,11-12,15-16,29H,9-10,13-14H2,1-4H3. The minimum atomic E-state index is -0.326. The van der Waals surface area contributed by atoms with Gasteiger partial charge in [0.25, 0.3) is 0 Å². The van der Waals surface area contributed by atoms with Gasteiger partial charge in [-0.3, -0.25) is 9.59 Å². The summed E-state index contributed by atoms with van der Waals surface area (Å²) in [5.41, 5.74) is 2.17. The molecule has 0 bridgehead atoms. The Morgan fingerprint density at radius 3 is 2.31 bits per heavy atom. The van der Waals surface area contributed by atoms with Crippen molar-refractivity contribution in [2.24, 2.45) is 0 Å². The van der Waals surface area contributed by atoms with Crippen molar-refractivity contribution in [3.8, 4) is 28.5 Å². The number of hydrogen-bond acceptors (Lipinski definition) is 7. The van der Waals surface area contributed by atoms with E-state index >= 15 is 0 Å². The van der Waals surface area contributed by atoms with Crippen LogP contribution in [0.3, 0.4) is 0 Å². The lowest BCUT2D eigenvalue weighted by atomic mass is 10.0. The number of Topliss-reactive ketones (excluding diaryl/α,β-unsaturated/α-hetero) is 2. The third kappa shape index (κ3) is 6.42. The number of pyridine rings is 1. The largest absolute Gasteiger partial charge is 0.494 e. The summed E-state index contributed by atoms with van der Waals surface area (Å²) in [5, 5.41) is 2.99. The van der Waals surface area contributed by atoms with Crippen LogP contribution in [0, 0.1) is 12.7 Å². The van der Waals surface area contributed by atoms with Gasteiger partial charge in [0.05, 0.1) is 14.2 Å². The molecule has 0 radical (unpaired) electrons. The van der Waals surface area contributed by atoms with Gasteiger partial charge in [-0.15, -0.1) is 0 Å². The quantitative estimate of drug-likeness (QED) is 0.298. The molecule has 0 aliphatic heterocycles. The van der Waals surface area contributed by atoms with E-state index in [9.17, 15) is 14.0 Å². The van der Waals surface area contributed by atoms with Crippen molar-refractivity contribution < 1.29 is 28.2 Å². The summed E-state index contributed by atoms with van der Waals surface area (Å²) in [5.74, 6) is 0.664. The number of benzene rings is 2. The molecule has 0 spiro atoms. The van der Waals surface area contributed by atoms with E-state index in [4.69, 9.17) is 14.2 Å². The molecule has 0 atom stereocenters. The second kappa shape index (κ2) is 12.1. The summed E-state index contributed by atoms with van der Waals surface area (Å²) >= 11 is 0. The zero-order chi connectivity index (χ0) is 25.4. The first kappa shape index (κ1) is 25.8. The molecule has 1 aromatic heterocycles. The topological polar surface area (TPSA) is 86.8 Å². The fraction of sp³-hybridized carbons (Fsp3) is 0.296. The second-order valence-corrected chi connectivity index (χ2v) is 7.88. The number of halogens is 1. The summed E-state index contributed by atoms with van der Waals surface area (Å²) in [6.45, 7) is 2.79. The Hall–Kier alpha value is -3.78. The lowest BCUT2D eigenvalue weighted by Gasteiger charge is -2.12. The van der Waals surface area contributed by atoms with Gasteiger partial charge >= 0.3 is 0 Å². The maximum absolute atomic E-state index is 13.7. The average molecular weight is 481 g/mol. The highest BCUT2D eigenvalue weighted by Gasteiger charge is 2.17. The number of ether oxygens (including phenoxy) is 3. The molecule has 8 heteroatoms. The Morgan fingerprint density at radius 2 is 1.63 bits per heavy atom. The Kier molecular flexibility index (Phi) is 8.92. The van der Waals surface area contributed by atoms with E-state index in [-0.39, 0.29) is 35.9 Å². The van der Waals surface area contributed by atoms with Gasteiger partial charge < -0.3 is 19.5 Å². The number of carbonyl (C=O) groups excluding carboxylic acids is 2. The Morgan fingerprint density at radius 1 is 0.914 bits per heavy atom. The van der Waals surface area contributed by atoms with Gasteiger partial charge in [0, 0.05) is 30.5 Å². The number of nitrogens with one attached hydrogen (secondary N) is 1. The molecule has 0 saturated heterocycles. The zero-order valence-corrected chi connectivity index (χ0v) is 20.3. The van der Waals surface area contributed by atoms with Gasteiger partial charge in [-0.2, -0.15) is 0 Å². The molecule has 35 heavy (non-hydrogen) atoms. The van der Waals surface area contributed by atoms with Gasteiger partial charge in [0.2, 0.25) is 0 Å². The molecular weight excluding hydrogens is 451 g/mol. The predicted octanol–water partition coefficient (Wildman–Crippen LogP) is 4.66. The van der Waals surface area contributed by atoms with E-state index in [1.807, 2.05) is 7.05 Å². The molecule has 2 aromatic carbocycles. The van der Waals surface area contributed by atoms with E-state index in [1.165, 1.54) is 20.3 Å². The van der Waals surface area contributed by atoms with Crippen LogP contribution in [-0.2, 0) is 0 Å². The number of carbonyl (C=O) groups is 2. The molecule has 0 amide bonds. The fourth-order valence-corrected chi connectivity index (χ4v) is 3.49. The molecule has 0 unspecified atom stereocenters. The number of methoxy groups -OCH3 is 2. The summed E-state index contributed by atoms with van der Waals surface area (Å²) in [6, 6.07) is 12.8. The summed E-state index contributed by atoms with van der Waals surface area (Å²) in [4.78, 5) is 30.0. The molecule has 7 nitrogen and oxygen atoms in total. The van der Waals surface area contributed by atoms with Crippen molar-refractivity contribution >= 4 is 11.6 Å². The van der Waals surface area contributed by atoms with Crippen LogP contribution in [-0.4, -0.2) is 51.0 Å². The highest BCUT2D eigenvalue weighted by atomic mass is 19.1. The molecule has 0 saturated carbocycles. The van der Waals surface area contributed by atoms with Crippen molar-refractivity contribution in [2.45, 2.75) is 19.8 Å². The average Bonchev–Trinajstić information content (AvgIpc) is 2.88. The van der Waals surface area contributed by atoms with Gasteiger partial charge in [0.1, 0.15) is 29.6 Å². The SMILES string of the molecule is CNCCOc1ccc(C(=O)CCC(=O)c2ccc(OC)c(-c3ccc(F)c(C)c3)n2)cc1OC. The summed E-state index contributed by atoms with van der Waals surface area (Å²) in [6.07, 6.45) is 0.00340. The molecule has 3 aromatic rings. The van der Waals surface area contributed by atoms with E-state index in [1.54, 1.807) is 49.4 Å². The number of ketones is 2. The lowest BCUT2D eigenvalue weighted by Crippen LogP contribution is -2.16. The van der Waals surface area contributed by atoms with Crippen molar-refractivity contribution in [3.63, 3.8) is 0 Å². The summed E-state index contributed by atoms with van der Waals surface area (Å²) < 4.78 is 30.1. The molecule has 1 N–H and O–H groups in total. The first-order valence-electron chi connectivity index (χ1n) is 11.2. The normalized spacial score (nSPS) is 10.7. The van der Waals surface area contributed by atoms with Crippen molar-refractivity contribution in [3.05, 3.63) is 71.2 Å². The minimum Gasteiger partial charge on any atom is -0.494 e. The monoisotopic (exact) mass is 480 g/mol. The molecule has 1 heterocycles. The molecule has 0 aliphatic rings. The first-order chi connectivity index (χ1) is 16.9. The van der Waals surface area contributed by atoms with Crippen LogP contribution in [0.4, 0.5) is 4.39 Å². The zero-order valence-electron chi connectivity index (χ0n) is 20.3. The van der Waals surface area contributed by atoms with Gasteiger partial charge in [-0.1, -0.05) is 0 Å². The van der Waals surface area contributed by atoms with Crippen molar-refractivity contribution in [1.82, 2.24) is 10.3 Å². The van der Waals surface area contributed by atoms with Crippen molar-refractivity contribution in [2.75, 3.05) is 34.4 Å². The fourth-order valence-electron chi connectivity index (χ4n) is 3.49. The molecule has 0 aliphatic carbocycles. The van der Waals surface area contributed by atoms with E-state index in [0.29, 0.717) is 52.8 Å². The van der Waals surface area contributed by atoms with Crippen LogP contribution in [0.1, 0.15) is 39.3 Å². The third-order valence-corrected chi connectivity index (χ3v) is 5.47. The number of rotatable bonds is 12. The lowest BCUT2D eigenvalue weighted by molar-refractivity contribution is 0.0915. The number of hydrogen-bond donors (Lipinski definition) is 1. The third-order valence-electron chi connectivity index (χ3n) is 5.47. The number of likely N-dealkylation sites (N-methyl/N-ethyl adjacent to an activating group) is 1. The highest BCUT2D eigenvalue weighted by molar-refractivity contribution is 6.02. The number of aryl methyl sites for hydroxylation is 1. The Bertz CT molecular complexity index is 1210. The van der Waals surface area contributed by atoms with Crippen LogP contribution in [0.5, 0.6) is 17.2 Å². The number of aromatic nitrogens is 1. The molecular formula is C27H29FN2O5. The maximum atomic E-state index is 13.7. The van der Waals surface area contributed by atoms with Crippen LogP contribution in [0.2, 0.25) is 0 Å². The number of nitrogens with zero attached hydrogens (tertiary/aromatic N) is 1. The first-order valence-corrected chi connectivity index (χ1v) is 11.2. The Labute approximate surface area is 204 Å². The van der Waals surface area contributed by atoms with Crippen LogP contribution >= 0.6 is 0 Å². The minimum absolute atomic E-state index is 0.0111. The highest BCUT2D eigenvalue weighted by Crippen LogP contribution is 2.31. The second-order valence-electron chi connectivity index (χ2n) is 7.88. The van der Waals surface area contributed by atoms with Gasteiger partial charge in [-0.05, 0) is 68.1 Å². The molecule has 184 valence electrons.